The number of aryl methyl sites for hydroxylation is 1. The average Bonchev–Trinajstić information content (AvgIpc) is 2.93. The fraction of sp³-hybridized carbons (Fsp3) is 0.105. The molecule has 0 aliphatic carbocycles. The topological polar surface area (TPSA) is 17.8 Å². The van der Waals surface area contributed by atoms with Crippen molar-refractivity contribution < 1.29 is 0 Å². The zero-order valence-electron chi connectivity index (χ0n) is 12.2. The van der Waals surface area contributed by atoms with E-state index in [-0.39, 0.29) is 0 Å². The third-order valence-corrected chi connectivity index (χ3v) is 3.50. The molecule has 3 rings (SSSR count). The molecule has 0 saturated heterocycles. The van der Waals surface area contributed by atoms with Gasteiger partial charge in [-0.3, -0.25) is 4.68 Å². The van der Waals surface area contributed by atoms with Crippen molar-refractivity contribution >= 4 is 0 Å². The Morgan fingerprint density at radius 2 is 1.71 bits per heavy atom. The van der Waals surface area contributed by atoms with Crippen LogP contribution < -0.4 is 0 Å². The van der Waals surface area contributed by atoms with Gasteiger partial charge >= 0.3 is 0 Å². The summed E-state index contributed by atoms with van der Waals surface area (Å²) in [6.07, 6.45) is 1.87. The highest BCUT2D eigenvalue weighted by atomic mass is 15.3. The molecule has 1 aromatic heterocycles. The fourth-order valence-electron chi connectivity index (χ4n) is 2.38. The highest BCUT2D eigenvalue weighted by Crippen LogP contribution is 2.26. The van der Waals surface area contributed by atoms with Gasteiger partial charge in [-0.15, -0.1) is 6.58 Å². The lowest BCUT2D eigenvalue weighted by Crippen LogP contribution is -2.00. The van der Waals surface area contributed by atoms with Crippen LogP contribution in [-0.2, 0) is 6.54 Å². The summed E-state index contributed by atoms with van der Waals surface area (Å²) in [5.41, 5.74) is 5.68. The lowest BCUT2D eigenvalue weighted by Gasteiger charge is -2.05. The molecule has 0 unspecified atom stereocenters. The van der Waals surface area contributed by atoms with Crippen LogP contribution in [0.1, 0.15) is 5.56 Å². The van der Waals surface area contributed by atoms with Crippen LogP contribution in [-0.4, -0.2) is 9.78 Å². The summed E-state index contributed by atoms with van der Waals surface area (Å²) >= 11 is 0. The van der Waals surface area contributed by atoms with Crippen molar-refractivity contribution in [3.8, 4) is 22.5 Å². The Bertz CT molecular complexity index is 737. The molecule has 0 radical (unpaired) electrons. The number of allylic oxidation sites excluding steroid dienone is 1. The summed E-state index contributed by atoms with van der Waals surface area (Å²) in [5.74, 6) is 0. The normalized spacial score (nSPS) is 10.5. The summed E-state index contributed by atoms with van der Waals surface area (Å²) in [6.45, 7) is 6.63. The zero-order chi connectivity index (χ0) is 14.7. The van der Waals surface area contributed by atoms with Gasteiger partial charge < -0.3 is 0 Å². The summed E-state index contributed by atoms with van der Waals surface area (Å²) in [5, 5.41) is 4.71. The van der Waals surface area contributed by atoms with E-state index in [4.69, 9.17) is 5.10 Å². The molecule has 0 amide bonds. The third-order valence-electron chi connectivity index (χ3n) is 3.50. The Hall–Kier alpha value is -2.61. The second-order valence-corrected chi connectivity index (χ2v) is 5.12. The van der Waals surface area contributed by atoms with Crippen LogP contribution in [0.3, 0.4) is 0 Å². The van der Waals surface area contributed by atoms with Crippen LogP contribution in [0.2, 0.25) is 0 Å². The second kappa shape index (κ2) is 5.80. The maximum atomic E-state index is 4.71. The minimum absolute atomic E-state index is 0.704. The number of nitrogens with zero attached hydrogens (tertiary/aromatic N) is 2. The van der Waals surface area contributed by atoms with E-state index in [0.29, 0.717) is 6.54 Å². The predicted octanol–water partition coefficient (Wildman–Crippen LogP) is 4.71. The van der Waals surface area contributed by atoms with Crippen molar-refractivity contribution in [1.29, 1.82) is 0 Å². The Labute approximate surface area is 125 Å². The Balaban J connectivity index is 2.08. The van der Waals surface area contributed by atoms with Gasteiger partial charge in [-0.05, 0) is 18.6 Å². The van der Waals surface area contributed by atoms with Crippen LogP contribution in [0.15, 0.2) is 73.3 Å². The molecule has 0 aliphatic rings. The molecule has 0 aliphatic heterocycles. The first-order valence-corrected chi connectivity index (χ1v) is 7.09. The number of aromatic nitrogens is 2. The molecule has 2 aromatic carbocycles. The quantitative estimate of drug-likeness (QED) is 0.630. The van der Waals surface area contributed by atoms with Gasteiger partial charge in [0.05, 0.1) is 17.9 Å². The summed E-state index contributed by atoms with van der Waals surface area (Å²) in [7, 11) is 0. The first kappa shape index (κ1) is 13.4. The average molecular weight is 274 g/mol. The van der Waals surface area contributed by atoms with Crippen molar-refractivity contribution in [2.45, 2.75) is 13.5 Å². The minimum atomic E-state index is 0.704. The Morgan fingerprint density at radius 3 is 2.38 bits per heavy atom. The molecule has 2 heteroatoms. The first-order valence-electron chi connectivity index (χ1n) is 7.09. The lowest BCUT2D eigenvalue weighted by molar-refractivity contribution is 0.713. The van der Waals surface area contributed by atoms with E-state index < -0.39 is 0 Å². The highest BCUT2D eigenvalue weighted by molar-refractivity contribution is 5.68. The number of hydrogen-bond acceptors (Lipinski definition) is 1. The first-order chi connectivity index (χ1) is 10.3. The molecule has 0 fully saturated rings. The molecule has 0 saturated carbocycles. The molecule has 0 atom stereocenters. The van der Waals surface area contributed by atoms with Crippen LogP contribution >= 0.6 is 0 Å². The van der Waals surface area contributed by atoms with E-state index in [0.717, 1.165) is 17.0 Å². The molecule has 2 nitrogen and oxygen atoms in total. The zero-order valence-corrected chi connectivity index (χ0v) is 12.2. The highest BCUT2D eigenvalue weighted by Gasteiger charge is 2.10. The van der Waals surface area contributed by atoms with Gasteiger partial charge in [0.1, 0.15) is 0 Å². The van der Waals surface area contributed by atoms with Crippen molar-refractivity contribution in [3.63, 3.8) is 0 Å². The van der Waals surface area contributed by atoms with E-state index in [1.807, 2.05) is 29.0 Å². The van der Waals surface area contributed by atoms with Gasteiger partial charge in [-0.2, -0.15) is 5.10 Å². The van der Waals surface area contributed by atoms with E-state index >= 15 is 0 Å². The van der Waals surface area contributed by atoms with Gasteiger partial charge in [0.15, 0.2) is 0 Å². The van der Waals surface area contributed by atoms with Gasteiger partial charge in [0.2, 0.25) is 0 Å². The smallest absolute Gasteiger partial charge is 0.0929 e. The summed E-state index contributed by atoms with van der Waals surface area (Å²) < 4.78 is 2.00. The van der Waals surface area contributed by atoms with Gasteiger partial charge in [-0.1, -0.05) is 66.2 Å². The SMILES string of the molecule is C=CCn1nc(-c2ccccc2)cc1-c1ccc(C)cc1. The van der Waals surface area contributed by atoms with Crippen molar-refractivity contribution in [2.75, 3.05) is 0 Å². The molecule has 0 bridgehead atoms. The Kier molecular flexibility index (Phi) is 3.69. The van der Waals surface area contributed by atoms with Crippen molar-refractivity contribution in [1.82, 2.24) is 9.78 Å². The van der Waals surface area contributed by atoms with Gasteiger partial charge in [0.25, 0.3) is 0 Å². The molecule has 21 heavy (non-hydrogen) atoms. The predicted molar refractivity (Wildman–Crippen MR) is 88.0 cm³/mol. The monoisotopic (exact) mass is 274 g/mol. The molecule has 1 heterocycles. The summed E-state index contributed by atoms with van der Waals surface area (Å²) in [6, 6.07) is 20.9. The maximum Gasteiger partial charge on any atom is 0.0929 e. The van der Waals surface area contributed by atoms with E-state index in [9.17, 15) is 0 Å². The molecule has 3 aromatic rings. The van der Waals surface area contributed by atoms with Crippen LogP contribution in [0.5, 0.6) is 0 Å². The Morgan fingerprint density at radius 1 is 1.00 bits per heavy atom. The van der Waals surface area contributed by atoms with E-state index in [1.54, 1.807) is 0 Å². The molecule has 0 spiro atoms. The number of benzene rings is 2. The van der Waals surface area contributed by atoms with Crippen molar-refractivity contribution in [3.05, 3.63) is 78.9 Å². The van der Waals surface area contributed by atoms with Crippen LogP contribution in [0.4, 0.5) is 0 Å². The molecule has 104 valence electrons. The fourth-order valence-corrected chi connectivity index (χ4v) is 2.38. The molecular weight excluding hydrogens is 256 g/mol. The molecule has 0 N–H and O–H groups in total. The minimum Gasteiger partial charge on any atom is -0.260 e. The lowest BCUT2D eigenvalue weighted by atomic mass is 10.1. The standard InChI is InChI=1S/C19H18N2/c1-3-13-21-19(17-11-9-15(2)10-12-17)14-18(20-21)16-7-5-4-6-8-16/h3-12,14H,1,13H2,2H3. The summed E-state index contributed by atoms with van der Waals surface area (Å²) in [4.78, 5) is 0. The largest absolute Gasteiger partial charge is 0.260 e. The van der Waals surface area contributed by atoms with Gasteiger partial charge in [0, 0.05) is 5.56 Å². The van der Waals surface area contributed by atoms with Gasteiger partial charge in [-0.25, -0.2) is 0 Å². The van der Waals surface area contributed by atoms with Crippen LogP contribution in [0.25, 0.3) is 22.5 Å². The van der Waals surface area contributed by atoms with Crippen molar-refractivity contribution in [2.24, 2.45) is 0 Å². The van der Waals surface area contributed by atoms with Crippen LogP contribution in [0, 0.1) is 6.92 Å². The van der Waals surface area contributed by atoms with E-state index in [2.05, 4.69) is 56.0 Å². The second-order valence-electron chi connectivity index (χ2n) is 5.12. The molecular formula is C19H18N2. The number of rotatable bonds is 4. The van der Waals surface area contributed by atoms with E-state index in [1.165, 1.54) is 11.1 Å². The third kappa shape index (κ3) is 2.79. The maximum absolute atomic E-state index is 4.71. The number of hydrogen-bond donors (Lipinski definition) is 0.